The number of aromatic nitrogens is 1. The lowest BCUT2D eigenvalue weighted by molar-refractivity contribution is -0.114. The van der Waals surface area contributed by atoms with Crippen molar-refractivity contribution in [3.05, 3.63) is 59.4 Å². The van der Waals surface area contributed by atoms with E-state index >= 15 is 0 Å². The Morgan fingerprint density at radius 3 is 2.67 bits per heavy atom. The Bertz CT molecular complexity index is 732. The second-order valence-electron chi connectivity index (χ2n) is 4.64. The molecule has 0 N–H and O–H groups in total. The molecule has 21 heavy (non-hydrogen) atoms. The Balaban J connectivity index is 1.91. The van der Waals surface area contributed by atoms with Crippen molar-refractivity contribution in [2.75, 3.05) is 11.4 Å². The number of carbonyl (C=O) groups is 2. The molecule has 1 aromatic heterocycles. The first-order chi connectivity index (χ1) is 10.1. The van der Waals surface area contributed by atoms with Crippen molar-refractivity contribution >= 4 is 17.4 Å². The lowest BCUT2D eigenvalue weighted by atomic mass is 10.1. The molecule has 1 amide bonds. The third kappa shape index (κ3) is 2.29. The van der Waals surface area contributed by atoms with Gasteiger partial charge in [-0.05, 0) is 18.2 Å². The summed E-state index contributed by atoms with van der Waals surface area (Å²) in [7, 11) is 0. The average Bonchev–Trinajstić information content (AvgIpc) is 2.70. The summed E-state index contributed by atoms with van der Waals surface area (Å²) in [4.78, 5) is 28.9. The number of fused-ring (bicyclic) bond motifs is 1. The Morgan fingerprint density at radius 2 is 1.95 bits per heavy atom. The van der Waals surface area contributed by atoms with Crippen LogP contribution in [0, 0.1) is 11.6 Å². The third-order valence-electron chi connectivity index (χ3n) is 3.31. The standard InChI is InChI=1S/C15H10F2N2O2/c16-9-7-11(17)13-12(8-9)19(15(21)14(13)20)6-4-10-3-1-2-5-18-10/h1-3,5,7-8H,4,6H2. The number of carbonyl (C=O) groups excluding carboxylic acids is 2. The molecule has 0 saturated carbocycles. The van der Waals surface area contributed by atoms with Gasteiger partial charge in [-0.25, -0.2) is 8.78 Å². The van der Waals surface area contributed by atoms with E-state index in [0.717, 1.165) is 16.7 Å². The fourth-order valence-corrected chi connectivity index (χ4v) is 2.33. The summed E-state index contributed by atoms with van der Waals surface area (Å²) < 4.78 is 27.0. The summed E-state index contributed by atoms with van der Waals surface area (Å²) in [5.74, 6) is -3.62. The maximum atomic E-state index is 13.7. The SMILES string of the molecule is O=C1C(=O)N(CCc2ccccn2)c2cc(F)cc(F)c21. The Labute approximate surface area is 119 Å². The molecular formula is C15H10F2N2O2. The Kier molecular flexibility index (Phi) is 3.21. The van der Waals surface area contributed by atoms with E-state index in [9.17, 15) is 18.4 Å². The molecule has 0 spiro atoms. The van der Waals surface area contributed by atoms with E-state index in [1.165, 1.54) is 0 Å². The normalized spacial score (nSPS) is 13.7. The number of benzene rings is 1. The van der Waals surface area contributed by atoms with Crippen LogP contribution in [0.1, 0.15) is 16.1 Å². The van der Waals surface area contributed by atoms with Crippen molar-refractivity contribution in [2.24, 2.45) is 0 Å². The monoisotopic (exact) mass is 288 g/mol. The van der Waals surface area contributed by atoms with Crippen LogP contribution in [-0.4, -0.2) is 23.2 Å². The van der Waals surface area contributed by atoms with E-state index in [2.05, 4.69) is 4.98 Å². The van der Waals surface area contributed by atoms with Crippen LogP contribution < -0.4 is 4.90 Å². The number of ketones is 1. The maximum Gasteiger partial charge on any atom is 0.299 e. The van der Waals surface area contributed by atoms with Crippen LogP contribution in [0.4, 0.5) is 14.5 Å². The van der Waals surface area contributed by atoms with Crippen molar-refractivity contribution in [3.8, 4) is 0 Å². The number of Topliss-reactive ketones (excluding diaryl/α,β-unsaturated/α-hetero) is 1. The maximum absolute atomic E-state index is 13.7. The van der Waals surface area contributed by atoms with Crippen LogP contribution in [0.5, 0.6) is 0 Å². The van der Waals surface area contributed by atoms with Gasteiger partial charge in [0.05, 0.1) is 11.3 Å². The highest BCUT2D eigenvalue weighted by Crippen LogP contribution is 2.32. The topological polar surface area (TPSA) is 50.3 Å². The van der Waals surface area contributed by atoms with Crippen molar-refractivity contribution in [1.82, 2.24) is 4.98 Å². The number of pyridine rings is 1. The predicted octanol–water partition coefficient (Wildman–Crippen LogP) is 2.13. The minimum absolute atomic E-state index is 0.0153. The van der Waals surface area contributed by atoms with Crippen LogP contribution in [0.2, 0.25) is 0 Å². The zero-order valence-corrected chi connectivity index (χ0v) is 10.8. The molecule has 0 saturated heterocycles. The molecule has 0 aliphatic carbocycles. The Morgan fingerprint density at radius 1 is 1.14 bits per heavy atom. The number of anilines is 1. The van der Waals surface area contributed by atoms with Crippen molar-refractivity contribution in [1.29, 1.82) is 0 Å². The molecule has 1 aliphatic rings. The summed E-state index contributed by atoms with van der Waals surface area (Å²) in [6.45, 7) is 0.136. The van der Waals surface area contributed by atoms with Crippen LogP contribution in [0.3, 0.4) is 0 Å². The molecule has 2 aromatic rings. The lowest BCUT2D eigenvalue weighted by Crippen LogP contribution is -2.31. The average molecular weight is 288 g/mol. The summed E-state index contributed by atoms with van der Waals surface area (Å²) in [5.41, 5.74) is 0.351. The van der Waals surface area contributed by atoms with Crippen LogP contribution in [-0.2, 0) is 11.2 Å². The van der Waals surface area contributed by atoms with E-state index in [4.69, 9.17) is 0 Å². The minimum atomic E-state index is -1.01. The van der Waals surface area contributed by atoms with Crippen molar-refractivity contribution in [2.45, 2.75) is 6.42 Å². The van der Waals surface area contributed by atoms with Gasteiger partial charge in [0.25, 0.3) is 11.7 Å². The van der Waals surface area contributed by atoms with Gasteiger partial charge in [0.15, 0.2) is 0 Å². The zero-order valence-electron chi connectivity index (χ0n) is 10.8. The molecule has 4 nitrogen and oxygen atoms in total. The number of rotatable bonds is 3. The molecule has 0 atom stereocenters. The number of nitrogens with zero attached hydrogens (tertiary/aromatic N) is 2. The van der Waals surface area contributed by atoms with E-state index in [0.29, 0.717) is 12.5 Å². The molecule has 0 fully saturated rings. The van der Waals surface area contributed by atoms with Crippen molar-refractivity contribution in [3.63, 3.8) is 0 Å². The zero-order chi connectivity index (χ0) is 15.0. The molecule has 1 aliphatic heterocycles. The largest absolute Gasteiger partial charge is 0.304 e. The molecule has 0 bridgehead atoms. The smallest absolute Gasteiger partial charge is 0.299 e. The molecule has 6 heteroatoms. The molecule has 0 radical (unpaired) electrons. The van der Waals surface area contributed by atoms with E-state index in [1.807, 2.05) is 0 Å². The first kappa shape index (κ1) is 13.4. The molecular weight excluding hydrogens is 278 g/mol. The van der Waals surface area contributed by atoms with Gasteiger partial charge in [0.2, 0.25) is 0 Å². The molecule has 0 unspecified atom stereocenters. The van der Waals surface area contributed by atoms with Gasteiger partial charge in [-0.2, -0.15) is 0 Å². The summed E-state index contributed by atoms with van der Waals surface area (Å²) >= 11 is 0. The fraction of sp³-hybridized carbons (Fsp3) is 0.133. The Hall–Kier alpha value is -2.63. The molecule has 2 heterocycles. The first-order valence-corrected chi connectivity index (χ1v) is 6.33. The molecule has 3 rings (SSSR count). The third-order valence-corrected chi connectivity index (χ3v) is 3.31. The van der Waals surface area contributed by atoms with Gasteiger partial charge in [-0.3, -0.25) is 14.6 Å². The first-order valence-electron chi connectivity index (χ1n) is 6.33. The predicted molar refractivity (Wildman–Crippen MR) is 71.0 cm³/mol. The summed E-state index contributed by atoms with van der Waals surface area (Å²) in [6, 6.07) is 6.93. The van der Waals surface area contributed by atoms with Crippen LogP contribution >= 0.6 is 0 Å². The highest BCUT2D eigenvalue weighted by atomic mass is 19.1. The molecule has 1 aromatic carbocycles. The van der Waals surface area contributed by atoms with Gasteiger partial charge in [-0.15, -0.1) is 0 Å². The lowest BCUT2D eigenvalue weighted by Gasteiger charge is -2.16. The van der Waals surface area contributed by atoms with Gasteiger partial charge >= 0.3 is 0 Å². The van der Waals surface area contributed by atoms with Gasteiger partial charge in [0.1, 0.15) is 11.6 Å². The second kappa shape index (κ2) is 5.05. The summed E-state index contributed by atoms with van der Waals surface area (Å²) in [6.07, 6.45) is 2.00. The minimum Gasteiger partial charge on any atom is -0.304 e. The van der Waals surface area contributed by atoms with E-state index in [1.54, 1.807) is 24.4 Å². The van der Waals surface area contributed by atoms with Gasteiger partial charge in [0, 0.05) is 30.9 Å². The van der Waals surface area contributed by atoms with Crippen molar-refractivity contribution < 1.29 is 18.4 Å². The quantitative estimate of drug-likeness (QED) is 0.813. The molecule has 106 valence electrons. The summed E-state index contributed by atoms with van der Waals surface area (Å²) in [5, 5.41) is 0. The number of amides is 1. The van der Waals surface area contributed by atoms with Gasteiger partial charge < -0.3 is 4.90 Å². The van der Waals surface area contributed by atoms with Gasteiger partial charge in [-0.1, -0.05) is 6.07 Å². The van der Waals surface area contributed by atoms with E-state index < -0.39 is 23.3 Å². The number of halogens is 2. The van der Waals surface area contributed by atoms with Crippen LogP contribution in [0.15, 0.2) is 36.5 Å². The highest BCUT2D eigenvalue weighted by Gasteiger charge is 2.38. The fourth-order valence-electron chi connectivity index (χ4n) is 2.33. The highest BCUT2D eigenvalue weighted by molar-refractivity contribution is 6.52. The van der Waals surface area contributed by atoms with E-state index in [-0.39, 0.29) is 17.8 Å². The number of hydrogen-bond acceptors (Lipinski definition) is 3. The number of hydrogen-bond donors (Lipinski definition) is 0. The second-order valence-corrected chi connectivity index (χ2v) is 4.64. The van der Waals surface area contributed by atoms with Crippen LogP contribution in [0.25, 0.3) is 0 Å².